The van der Waals surface area contributed by atoms with E-state index in [-0.39, 0.29) is 25.2 Å². The van der Waals surface area contributed by atoms with Crippen molar-refractivity contribution in [2.24, 2.45) is 0 Å². The number of carbonyl (C=O) groups excluding carboxylic acids is 2. The summed E-state index contributed by atoms with van der Waals surface area (Å²) in [7, 11) is 0. The van der Waals surface area contributed by atoms with Crippen LogP contribution in [0, 0.1) is 0 Å². The zero-order valence-corrected chi connectivity index (χ0v) is 27.0. The van der Waals surface area contributed by atoms with Crippen LogP contribution in [-0.2, 0) is 25.2 Å². The first-order valence-electron chi connectivity index (χ1n) is 13.8. The monoisotopic (exact) mass is 644 g/mol. The van der Waals surface area contributed by atoms with Gasteiger partial charge in [0.25, 0.3) is 0 Å². The molecule has 0 saturated heterocycles. The fourth-order valence-corrected chi connectivity index (χ4v) is 14.0. The molecule has 0 saturated carbocycles. The Morgan fingerprint density at radius 1 is 0.571 bits per heavy atom. The summed E-state index contributed by atoms with van der Waals surface area (Å²) < 4.78 is 25.6. The van der Waals surface area contributed by atoms with Gasteiger partial charge in [0.2, 0.25) is 0 Å². The average molecular weight is 644 g/mol. The third-order valence-electron chi connectivity index (χ3n) is 5.88. The summed E-state index contributed by atoms with van der Waals surface area (Å²) in [5.41, 5.74) is 0. The van der Waals surface area contributed by atoms with E-state index >= 15 is 0 Å². The Morgan fingerprint density at radius 2 is 0.943 bits per heavy atom. The van der Waals surface area contributed by atoms with Crippen LogP contribution in [0.2, 0.25) is 8.87 Å². The van der Waals surface area contributed by atoms with Crippen molar-refractivity contribution in [2.45, 2.75) is 113 Å². The van der Waals surface area contributed by atoms with E-state index in [1.165, 1.54) is 64.2 Å². The van der Waals surface area contributed by atoms with E-state index < -0.39 is 19.2 Å². The Hall–Kier alpha value is 0.359. The van der Waals surface area contributed by atoms with E-state index in [0.29, 0.717) is 37.6 Å². The predicted molar refractivity (Wildman–Crippen MR) is 153 cm³/mol. The summed E-state index contributed by atoms with van der Waals surface area (Å²) >= 11 is 4.73. The molecule has 0 aromatic rings. The van der Waals surface area contributed by atoms with Crippen LogP contribution < -0.4 is 0 Å². The molecule has 0 spiro atoms. The first kappa shape index (κ1) is 35.4. The molecule has 0 radical (unpaired) electrons. The molecule has 9 heteroatoms. The Morgan fingerprint density at radius 3 is 1.31 bits per heavy atom. The van der Waals surface area contributed by atoms with E-state index in [4.69, 9.17) is 15.6 Å². The predicted octanol–water partition coefficient (Wildman–Crippen LogP) is 6.91. The van der Waals surface area contributed by atoms with Gasteiger partial charge >= 0.3 is 232 Å². The van der Waals surface area contributed by atoms with Gasteiger partial charge in [-0.1, -0.05) is 0 Å². The number of esters is 2. The second-order valence-corrected chi connectivity index (χ2v) is 19.6. The van der Waals surface area contributed by atoms with Crippen molar-refractivity contribution in [1.82, 2.24) is 0 Å². The molecule has 0 rings (SSSR count). The SMILES string of the molecule is CCCCCCC[CH2][Sn]([CH2]CCCCCCC)([O]CCOC(=O)CCS)[O]CCOC(=O)CCS. The molecule has 0 fully saturated rings. The van der Waals surface area contributed by atoms with E-state index in [9.17, 15) is 9.59 Å². The molecule has 0 aliphatic heterocycles. The van der Waals surface area contributed by atoms with Crippen molar-refractivity contribution in [3.05, 3.63) is 0 Å². The molecule has 0 aliphatic carbocycles. The van der Waals surface area contributed by atoms with Crippen LogP contribution in [0.5, 0.6) is 0 Å². The molecule has 0 aromatic heterocycles. The minimum absolute atomic E-state index is 0.242. The van der Waals surface area contributed by atoms with E-state index in [0.717, 1.165) is 21.7 Å². The topological polar surface area (TPSA) is 71.1 Å². The summed E-state index contributed by atoms with van der Waals surface area (Å²) in [6.07, 6.45) is 15.3. The number of rotatable bonds is 26. The number of carbonyl (C=O) groups is 2. The molecule has 0 bridgehead atoms. The van der Waals surface area contributed by atoms with Crippen molar-refractivity contribution in [3.8, 4) is 0 Å². The van der Waals surface area contributed by atoms with Gasteiger partial charge in [0, 0.05) is 0 Å². The van der Waals surface area contributed by atoms with Crippen molar-refractivity contribution in [3.63, 3.8) is 0 Å². The summed E-state index contributed by atoms with van der Waals surface area (Å²) in [5, 5.41) is 0. The van der Waals surface area contributed by atoms with Crippen molar-refractivity contribution in [1.29, 1.82) is 0 Å². The molecule has 0 atom stereocenters. The van der Waals surface area contributed by atoms with Gasteiger partial charge in [-0.25, -0.2) is 0 Å². The Labute approximate surface area is 231 Å². The van der Waals surface area contributed by atoms with Gasteiger partial charge in [0.05, 0.1) is 0 Å². The fraction of sp³-hybridized carbons (Fsp3) is 0.923. The first-order valence-corrected chi connectivity index (χ1v) is 21.5. The molecule has 0 aromatic carbocycles. The minimum atomic E-state index is -3.44. The number of unbranched alkanes of at least 4 members (excludes halogenated alkanes) is 10. The van der Waals surface area contributed by atoms with Crippen LogP contribution in [0.25, 0.3) is 0 Å². The second kappa shape index (κ2) is 26.0. The summed E-state index contributed by atoms with van der Waals surface area (Å²) in [6, 6.07) is 0. The maximum absolute atomic E-state index is 11.7. The van der Waals surface area contributed by atoms with Gasteiger partial charge in [-0.3, -0.25) is 0 Å². The molecule has 208 valence electrons. The van der Waals surface area contributed by atoms with E-state index in [1.54, 1.807) is 0 Å². The van der Waals surface area contributed by atoms with Gasteiger partial charge in [-0.05, 0) is 0 Å². The molecule has 0 N–H and O–H groups in total. The van der Waals surface area contributed by atoms with Crippen molar-refractivity contribution < 1.29 is 25.2 Å². The van der Waals surface area contributed by atoms with Crippen LogP contribution in [0.1, 0.15) is 104 Å². The quantitative estimate of drug-likeness (QED) is 0.0462. The fourth-order valence-electron chi connectivity index (χ4n) is 3.90. The molecule has 0 heterocycles. The Balaban J connectivity index is 4.96. The molecule has 0 amide bonds. The van der Waals surface area contributed by atoms with Gasteiger partial charge < -0.3 is 0 Å². The maximum atomic E-state index is 11.7. The zero-order valence-electron chi connectivity index (χ0n) is 22.4. The van der Waals surface area contributed by atoms with E-state index in [2.05, 4.69) is 39.1 Å². The Kier molecular flexibility index (Phi) is 26.3. The van der Waals surface area contributed by atoms with Crippen LogP contribution in [-0.4, -0.2) is 69.1 Å². The van der Waals surface area contributed by atoms with Crippen molar-refractivity contribution >= 4 is 56.4 Å². The standard InChI is InChI=1S/2C8H17.2C5H9O3S.Sn/c2*1-3-5-7-8-6-4-2;2*6-2-3-8-5(7)1-4-9;/h2*1,3-8H2,2H3;2*9H,1-4H2;/q;;2*-1;+2. The number of hydrogen-bond donors (Lipinski definition) is 2. The summed E-state index contributed by atoms with van der Waals surface area (Å²) in [6.45, 7) is 5.71. The van der Waals surface area contributed by atoms with Crippen LogP contribution in [0.3, 0.4) is 0 Å². The first-order chi connectivity index (χ1) is 17.0. The van der Waals surface area contributed by atoms with Crippen LogP contribution in [0.15, 0.2) is 0 Å². The number of hydrogen-bond acceptors (Lipinski definition) is 8. The molecule has 6 nitrogen and oxygen atoms in total. The van der Waals surface area contributed by atoms with Gasteiger partial charge in [-0.2, -0.15) is 0 Å². The molecular formula is C26H52O6S2Sn. The summed E-state index contributed by atoms with van der Waals surface area (Å²) in [5.74, 6) is 0.476. The molecule has 0 aliphatic rings. The molecular weight excluding hydrogens is 591 g/mol. The molecule has 0 unspecified atom stereocenters. The zero-order chi connectivity index (χ0) is 26.0. The normalized spacial score (nSPS) is 11.5. The van der Waals surface area contributed by atoms with Crippen LogP contribution >= 0.6 is 25.3 Å². The van der Waals surface area contributed by atoms with Crippen LogP contribution in [0.4, 0.5) is 0 Å². The van der Waals surface area contributed by atoms with Crippen molar-refractivity contribution in [2.75, 3.05) is 37.9 Å². The van der Waals surface area contributed by atoms with Gasteiger partial charge in [0.1, 0.15) is 0 Å². The van der Waals surface area contributed by atoms with Gasteiger partial charge in [0.15, 0.2) is 0 Å². The van der Waals surface area contributed by atoms with E-state index in [1.807, 2.05) is 0 Å². The number of thiol groups is 2. The third-order valence-corrected chi connectivity index (χ3v) is 16.9. The number of ether oxygens (including phenoxy) is 2. The Bertz CT molecular complexity index is 466. The third kappa shape index (κ3) is 22.1. The van der Waals surface area contributed by atoms with Gasteiger partial charge in [-0.15, -0.1) is 0 Å². The second-order valence-electron chi connectivity index (χ2n) is 9.03. The summed E-state index contributed by atoms with van der Waals surface area (Å²) in [4.78, 5) is 23.4. The molecule has 35 heavy (non-hydrogen) atoms. The average Bonchev–Trinajstić information content (AvgIpc) is 2.84.